The third-order valence-electron chi connectivity index (χ3n) is 2.03. The van der Waals surface area contributed by atoms with Gasteiger partial charge in [-0.15, -0.1) is 11.3 Å². The SMILES string of the molecule is O=C(O)c1ccc(S(=O)(=O)c2cccs2)cn1. The molecule has 0 atom stereocenters. The first-order valence-electron chi connectivity index (χ1n) is 4.50. The van der Waals surface area contributed by atoms with Gasteiger partial charge in [0.25, 0.3) is 0 Å². The van der Waals surface area contributed by atoms with Crippen LogP contribution >= 0.6 is 11.3 Å². The predicted octanol–water partition coefficient (Wildman–Crippen LogP) is 1.67. The van der Waals surface area contributed by atoms with Crippen LogP contribution in [0.5, 0.6) is 0 Å². The number of carboxylic acid groups (broad SMARTS) is 1. The lowest BCUT2D eigenvalue weighted by Gasteiger charge is -2.01. The van der Waals surface area contributed by atoms with Crippen LogP contribution in [0.2, 0.25) is 0 Å². The van der Waals surface area contributed by atoms with Crippen molar-refractivity contribution in [2.75, 3.05) is 0 Å². The number of thiophene rings is 1. The van der Waals surface area contributed by atoms with Crippen molar-refractivity contribution in [2.24, 2.45) is 0 Å². The molecule has 0 aromatic carbocycles. The quantitative estimate of drug-likeness (QED) is 0.916. The predicted molar refractivity (Wildman–Crippen MR) is 61.0 cm³/mol. The van der Waals surface area contributed by atoms with E-state index in [0.29, 0.717) is 0 Å². The minimum absolute atomic E-state index is 0.00931. The van der Waals surface area contributed by atoms with Crippen molar-refractivity contribution in [3.05, 3.63) is 41.5 Å². The Balaban J connectivity index is 2.45. The Bertz CT molecular complexity index is 629. The van der Waals surface area contributed by atoms with Gasteiger partial charge in [0.1, 0.15) is 9.90 Å². The Morgan fingerprint density at radius 2 is 2.06 bits per heavy atom. The van der Waals surface area contributed by atoms with Crippen molar-refractivity contribution in [3.63, 3.8) is 0 Å². The molecule has 0 saturated carbocycles. The number of aromatic carboxylic acids is 1. The molecular formula is C10H7NO4S2. The third kappa shape index (κ3) is 2.20. The number of hydrogen-bond acceptors (Lipinski definition) is 5. The molecule has 2 rings (SSSR count). The van der Waals surface area contributed by atoms with Gasteiger partial charge < -0.3 is 5.11 Å². The second kappa shape index (κ2) is 4.27. The van der Waals surface area contributed by atoms with E-state index >= 15 is 0 Å². The van der Waals surface area contributed by atoms with Gasteiger partial charge in [0.15, 0.2) is 0 Å². The zero-order chi connectivity index (χ0) is 12.5. The highest BCUT2D eigenvalue weighted by atomic mass is 32.2. The van der Waals surface area contributed by atoms with E-state index in [1.54, 1.807) is 11.4 Å². The summed E-state index contributed by atoms with van der Waals surface area (Å²) in [7, 11) is -3.58. The summed E-state index contributed by atoms with van der Waals surface area (Å²) >= 11 is 1.10. The van der Waals surface area contributed by atoms with E-state index < -0.39 is 15.8 Å². The molecule has 0 amide bonds. The first kappa shape index (κ1) is 11.7. The molecule has 5 nitrogen and oxygen atoms in total. The Morgan fingerprint density at radius 3 is 2.53 bits per heavy atom. The molecule has 0 radical (unpaired) electrons. The average Bonchev–Trinajstić information content (AvgIpc) is 2.83. The lowest BCUT2D eigenvalue weighted by molar-refractivity contribution is 0.0690. The van der Waals surface area contributed by atoms with E-state index in [2.05, 4.69) is 4.98 Å². The minimum atomic E-state index is -3.58. The Kier molecular flexibility index (Phi) is 2.95. The fourth-order valence-electron chi connectivity index (χ4n) is 1.20. The van der Waals surface area contributed by atoms with E-state index in [1.165, 1.54) is 18.2 Å². The number of hydrogen-bond donors (Lipinski definition) is 1. The van der Waals surface area contributed by atoms with Crippen LogP contribution in [0.15, 0.2) is 44.9 Å². The molecule has 17 heavy (non-hydrogen) atoms. The van der Waals surface area contributed by atoms with E-state index in [4.69, 9.17) is 5.11 Å². The molecule has 7 heteroatoms. The highest BCUT2D eigenvalue weighted by Gasteiger charge is 2.19. The molecule has 1 N–H and O–H groups in total. The summed E-state index contributed by atoms with van der Waals surface area (Å²) in [5.74, 6) is -1.19. The molecule has 0 fully saturated rings. The topological polar surface area (TPSA) is 84.3 Å². The number of pyridine rings is 1. The molecule has 0 saturated heterocycles. The summed E-state index contributed by atoms with van der Waals surface area (Å²) in [5, 5.41) is 10.3. The van der Waals surface area contributed by atoms with Gasteiger partial charge in [0.05, 0.1) is 4.90 Å². The molecule has 0 spiro atoms. The van der Waals surface area contributed by atoms with Crippen LogP contribution in [-0.2, 0) is 9.84 Å². The summed E-state index contributed by atoms with van der Waals surface area (Å²) < 4.78 is 24.2. The molecule has 0 aliphatic heterocycles. The fraction of sp³-hybridized carbons (Fsp3) is 0. The van der Waals surface area contributed by atoms with Crippen molar-refractivity contribution in [1.29, 1.82) is 0 Å². The van der Waals surface area contributed by atoms with E-state index in [9.17, 15) is 13.2 Å². The van der Waals surface area contributed by atoms with Gasteiger partial charge in [-0.1, -0.05) is 6.07 Å². The highest BCUT2D eigenvalue weighted by molar-refractivity contribution is 7.93. The lowest BCUT2D eigenvalue weighted by atomic mass is 10.4. The van der Waals surface area contributed by atoms with Crippen LogP contribution in [0.4, 0.5) is 0 Å². The maximum atomic E-state index is 12.0. The Morgan fingerprint density at radius 1 is 1.29 bits per heavy atom. The maximum Gasteiger partial charge on any atom is 0.354 e. The zero-order valence-electron chi connectivity index (χ0n) is 8.40. The third-order valence-corrected chi connectivity index (χ3v) is 5.16. The van der Waals surface area contributed by atoms with Gasteiger partial charge in [-0.05, 0) is 23.6 Å². The lowest BCUT2D eigenvalue weighted by Crippen LogP contribution is -2.04. The summed E-state index contributed by atoms with van der Waals surface area (Å²) in [6.45, 7) is 0. The largest absolute Gasteiger partial charge is 0.477 e. The van der Waals surface area contributed by atoms with Crippen LogP contribution in [0.1, 0.15) is 10.5 Å². The first-order chi connectivity index (χ1) is 8.01. The van der Waals surface area contributed by atoms with Crippen molar-refractivity contribution >= 4 is 27.1 Å². The van der Waals surface area contributed by atoms with Gasteiger partial charge in [-0.3, -0.25) is 0 Å². The van der Waals surface area contributed by atoms with E-state index in [0.717, 1.165) is 17.5 Å². The van der Waals surface area contributed by atoms with E-state index in [1.807, 2.05) is 0 Å². The molecule has 2 heterocycles. The molecule has 0 bridgehead atoms. The highest BCUT2D eigenvalue weighted by Crippen LogP contribution is 2.24. The Labute approximate surface area is 101 Å². The van der Waals surface area contributed by atoms with Crippen molar-refractivity contribution < 1.29 is 18.3 Å². The van der Waals surface area contributed by atoms with Crippen LogP contribution in [-0.4, -0.2) is 24.5 Å². The number of nitrogens with zero attached hydrogens (tertiary/aromatic N) is 1. The second-order valence-electron chi connectivity index (χ2n) is 3.12. The van der Waals surface area contributed by atoms with Crippen LogP contribution in [0, 0.1) is 0 Å². The maximum absolute atomic E-state index is 12.0. The molecular weight excluding hydrogens is 262 g/mol. The molecule has 0 aliphatic rings. The summed E-state index contributed by atoms with van der Waals surface area (Å²) in [5.41, 5.74) is -0.185. The summed E-state index contributed by atoms with van der Waals surface area (Å²) in [6, 6.07) is 5.54. The number of aromatic nitrogens is 1. The summed E-state index contributed by atoms with van der Waals surface area (Å²) in [4.78, 5) is 14.2. The number of carboxylic acids is 1. The Hall–Kier alpha value is -1.73. The molecule has 0 unspecified atom stereocenters. The number of rotatable bonds is 3. The molecule has 2 aromatic rings. The van der Waals surface area contributed by atoms with Crippen molar-refractivity contribution in [3.8, 4) is 0 Å². The molecule has 0 aliphatic carbocycles. The van der Waals surface area contributed by atoms with Crippen molar-refractivity contribution in [1.82, 2.24) is 4.98 Å². The monoisotopic (exact) mass is 269 g/mol. The average molecular weight is 269 g/mol. The fourth-order valence-corrected chi connectivity index (χ4v) is 3.54. The number of sulfone groups is 1. The first-order valence-corrected chi connectivity index (χ1v) is 6.86. The van der Waals surface area contributed by atoms with Gasteiger partial charge in [-0.2, -0.15) is 0 Å². The molecule has 88 valence electrons. The van der Waals surface area contributed by atoms with Gasteiger partial charge in [-0.25, -0.2) is 18.2 Å². The number of carbonyl (C=O) groups is 1. The van der Waals surface area contributed by atoms with Crippen LogP contribution < -0.4 is 0 Å². The summed E-state index contributed by atoms with van der Waals surface area (Å²) in [6.07, 6.45) is 1.05. The standard InChI is InChI=1S/C10H7NO4S2/c12-10(13)8-4-3-7(6-11-8)17(14,15)9-2-1-5-16-9/h1-6H,(H,12,13). The van der Waals surface area contributed by atoms with Gasteiger partial charge in [0, 0.05) is 6.20 Å². The molecule has 2 aromatic heterocycles. The van der Waals surface area contributed by atoms with Gasteiger partial charge in [0.2, 0.25) is 9.84 Å². The van der Waals surface area contributed by atoms with Crippen molar-refractivity contribution in [2.45, 2.75) is 9.10 Å². The van der Waals surface area contributed by atoms with Gasteiger partial charge >= 0.3 is 5.97 Å². The zero-order valence-corrected chi connectivity index (χ0v) is 10.0. The van der Waals surface area contributed by atoms with Crippen LogP contribution in [0.3, 0.4) is 0 Å². The second-order valence-corrected chi connectivity index (χ2v) is 6.24. The smallest absolute Gasteiger partial charge is 0.354 e. The van der Waals surface area contributed by atoms with E-state index in [-0.39, 0.29) is 14.8 Å². The van der Waals surface area contributed by atoms with Crippen LogP contribution in [0.25, 0.3) is 0 Å². The normalized spacial score (nSPS) is 11.3. The minimum Gasteiger partial charge on any atom is -0.477 e.